The van der Waals surface area contributed by atoms with Crippen molar-refractivity contribution < 1.29 is 14.0 Å². The Morgan fingerprint density at radius 1 is 1.17 bits per heavy atom. The van der Waals surface area contributed by atoms with Crippen molar-refractivity contribution in [2.45, 2.75) is 26.9 Å². The highest BCUT2D eigenvalue weighted by Gasteiger charge is 2.29. The van der Waals surface area contributed by atoms with Gasteiger partial charge in [0, 0.05) is 24.8 Å². The summed E-state index contributed by atoms with van der Waals surface area (Å²) >= 11 is 0. The third-order valence-electron chi connectivity index (χ3n) is 4.69. The fraction of sp³-hybridized carbons (Fsp3) is 0.350. The summed E-state index contributed by atoms with van der Waals surface area (Å²) in [7, 11) is 0. The van der Waals surface area contributed by atoms with Gasteiger partial charge < -0.3 is 4.90 Å². The van der Waals surface area contributed by atoms with Gasteiger partial charge in [-0.3, -0.25) is 9.63 Å². The lowest BCUT2D eigenvalue weighted by Crippen LogP contribution is -2.38. The van der Waals surface area contributed by atoms with Gasteiger partial charge in [0.1, 0.15) is 29.0 Å². The maximum atomic E-state index is 14.7. The first kappa shape index (κ1) is 19.9. The molecule has 0 N–H and O–H groups in total. The molecule has 0 spiro atoms. The molecule has 9 nitrogen and oxygen atoms in total. The smallest absolute Gasteiger partial charge is 0.259 e. The minimum Gasteiger partial charge on any atom is -0.334 e. The molecular formula is C20H22FN7O2. The molecule has 1 aromatic carbocycles. The number of amides is 1. The zero-order valence-electron chi connectivity index (χ0n) is 17.0. The predicted molar refractivity (Wildman–Crippen MR) is 107 cm³/mol. The van der Waals surface area contributed by atoms with Crippen LogP contribution in [-0.2, 0) is 4.84 Å². The summed E-state index contributed by atoms with van der Waals surface area (Å²) in [5, 5.41) is 9.74. The van der Waals surface area contributed by atoms with Crippen LogP contribution in [0.4, 0.5) is 10.2 Å². The van der Waals surface area contributed by atoms with Crippen LogP contribution >= 0.6 is 0 Å². The van der Waals surface area contributed by atoms with Gasteiger partial charge in [-0.25, -0.2) is 19.4 Å². The van der Waals surface area contributed by atoms with Crippen molar-refractivity contribution in [3.05, 3.63) is 59.6 Å². The number of benzene rings is 1. The summed E-state index contributed by atoms with van der Waals surface area (Å²) in [6.45, 7) is 6.59. The number of rotatable bonds is 3. The van der Waals surface area contributed by atoms with Crippen molar-refractivity contribution in [3.63, 3.8) is 0 Å². The fourth-order valence-corrected chi connectivity index (χ4v) is 3.48. The first-order valence-electron chi connectivity index (χ1n) is 9.63. The van der Waals surface area contributed by atoms with Gasteiger partial charge in [-0.05, 0) is 32.9 Å². The summed E-state index contributed by atoms with van der Waals surface area (Å²) < 4.78 is 14.7. The lowest BCUT2D eigenvalue weighted by molar-refractivity contribution is 0.0421. The number of hydrogen-bond donors (Lipinski definition) is 0. The summed E-state index contributed by atoms with van der Waals surface area (Å²) in [6, 6.07) is 6.24. The quantitative estimate of drug-likeness (QED) is 0.652. The third kappa shape index (κ3) is 3.99. The standard InChI is InChI=1S/C20H22FN7O2/c1-13-11-18(25-15(3)24-13)27-10-9-26(12-14(2)30-27)20(29)19-16(21)5-4-6-17(19)28-22-7-8-23-28/h4-8,11,14H,9-10,12H2,1-3H3/t14-/m0/s1. The number of anilines is 1. The van der Waals surface area contributed by atoms with Crippen LogP contribution in [0.15, 0.2) is 36.7 Å². The van der Waals surface area contributed by atoms with E-state index in [4.69, 9.17) is 4.84 Å². The molecule has 0 saturated carbocycles. The zero-order chi connectivity index (χ0) is 21.3. The Bertz CT molecular complexity index is 1040. The van der Waals surface area contributed by atoms with E-state index in [1.807, 2.05) is 26.8 Å². The van der Waals surface area contributed by atoms with E-state index in [2.05, 4.69) is 20.2 Å². The van der Waals surface area contributed by atoms with Gasteiger partial charge >= 0.3 is 0 Å². The number of hydroxylamine groups is 1. The first-order chi connectivity index (χ1) is 14.4. The van der Waals surface area contributed by atoms with Crippen molar-refractivity contribution in [1.29, 1.82) is 0 Å². The molecule has 1 saturated heterocycles. The number of hydrogen-bond acceptors (Lipinski definition) is 7. The number of carbonyl (C=O) groups is 1. The first-order valence-corrected chi connectivity index (χ1v) is 9.63. The van der Waals surface area contributed by atoms with Crippen LogP contribution in [0.1, 0.15) is 28.8 Å². The molecule has 3 heterocycles. The number of nitrogens with zero attached hydrogens (tertiary/aromatic N) is 7. The van der Waals surface area contributed by atoms with Gasteiger partial charge in [-0.1, -0.05) is 6.07 Å². The Morgan fingerprint density at radius 2 is 1.93 bits per heavy atom. The molecule has 3 aromatic rings. The van der Waals surface area contributed by atoms with Crippen LogP contribution < -0.4 is 5.06 Å². The van der Waals surface area contributed by atoms with E-state index in [-0.39, 0.29) is 11.7 Å². The van der Waals surface area contributed by atoms with E-state index in [1.165, 1.54) is 29.3 Å². The predicted octanol–water partition coefficient (Wildman–Crippen LogP) is 2.10. The monoisotopic (exact) mass is 411 g/mol. The van der Waals surface area contributed by atoms with Crippen LogP contribution in [0.5, 0.6) is 0 Å². The molecule has 2 aromatic heterocycles. The van der Waals surface area contributed by atoms with Crippen molar-refractivity contribution in [2.75, 3.05) is 24.7 Å². The lowest BCUT2D eigenvalue weighted by atomic mass is 10.1. The van der Waals surface area contributed by atoms with Crippen molar-refractivity contribution in [3.8, 4) is 5.69 Å². The number of halogens is 1. The Morgan fingerprint density at radius 3 is 2.67 bits per heavy atom. The van der Waals surface area contributed by atoms with E-state index >= 15 is 0 Å². The van der Waals surface area contributed by atoms with Crippen molar-refractivity contribution in [1.82, 2.24) is 29.9 Å². The largest absolute Gasteiger partial charge is 0.334 e. The average Bonchev–Trinajstić information content (AvgIpc) is 3.15. The van der Waals surface area contributed by atoms with Crippen LogP contribution in [0.2, 0.25) is 0 Å². The number of carbonyl (C=O) groups excluding carboxylic acids is 1. The molecule has 30 heavy (non-hydrogen) atoms. The molecule has 10 heteroatoms. The Hall–Kier alpha value is -3.40. The molecule has 1 amide bonds. The van der Waals surface area contributed by atoms with Crippen molar-refractivity contribution in [2.24, 2.45) is 0 Å². The van der Waals surface area contributed by atoms with E-state index in [9.17, 15) is 9.18 Å². The summed E-state index contributed by atoms with van der Waals surface area (Å²) in [6.07, 6.45) is 2.64. The Kier molecular flexibility index (Phi) is 5.40. The zero-order valence-corrected chi connectivity index (χ0v) is 17.0. The second-order valence-corrected chi connectivity index (χ2v) is 7.14. The minimum atomic E-state index is -0.619. The summed E-state index contributed by atoms with van der Waals surface area (Å²) in [5.74, 6) is 0.217. The lowest BCUT2D eigenvalue weighted by Gasteiger charge is -2.22. The van der Waals surface area contributed by atoms with Gasteiger partial charge in [-0.15, -0.1) is 0 Å². The maximum absolute atomic E-state index is 14.7. The second kappa shape index (κ2) is 8.15. The highest BCUT2D eigenvalue weighted by Crippen LogP contribution is 2.22. The normalized spacial score (nSPS) is 17.1. The van der Waals surface area contributed by atoms with E-state index in [0.29, 0.717) is 37.0 Å². The molecule has 0 aliphatic carbocycles. The van der Waals surface area contributed by atoms with Crippen LogP contribution in [0.3, 0.4) is 0 Å². The number of aryl methyl sites for hydroxylation is 2. The van der Waals surface area contributed by atoms with Crippen LogP contribution in [-0.4, -0.2) is 61.5 Å². The molecule has 1 aliphatic rings. The maximum Gasteiger partial charge on any atom is 0.259 e. The van der Waals surface area contributed by atoms with Crippen LogP contribution in [0.25, 0.3) is 5.69 Å². The van der Waals surface area contributed by atoms with E-state index in [0.717, 1.165) is 5.69 Å². The van der Waals surface area contributed by atoms with Crippen LogP contribution in [0, 0.1) is 19.7 Å². The van der Waals surface area contributed by atoms with Crippen molar-refractivity contribution >= 4 is 11.7 Å². The molecule has 156 valence electrons. The molecule has 4 rings (SSSR count). The molecule has 1 atom stereocenters. The molecule has 0 bridgehead atoms. The molecular weight excluding hydrogens is 389 g/mol. The summed E-state index contributed by atoms with van der Waals surface area (Å²) in [4.78, 5) is 30.8. The minimum absolute atomic E-state index is 0.0666. The average molecular weight is 411 g/mol. The molecule has 1 fully saturated rings. The van der Waals surface area contributed by atoms with E-state index in [1.54, 1.807) is 16.0 Å². The Balaban J connectivity index is 1.61. The Labute approximate surface area is 173 Å². The third-order valence-corrected chi connectivity index (χ3v) is 4.69. The van der Waals surface area contributed by atoms with Gasteiger partial charge in [0.25, 0.3) is 5.91 Å². The van der Waals surface area contributed by atoms with Gasteiger partial charge in [0.05, 0.1) is 18.9 Å². The highest BCUT2D eigenvalue weighted by molar-refractivity contribution is 5.98. The van der Waals surface area contributed by atoms with Gasteiger partial charge in [0.2, 0.25) is 0 Å². The molecule has 1 aliphatic heterocycles. The fourth-order valence-electron chi connectivity index (χ4n) is 3.48. The van der Waals surface area contributed by atoms with Gasteiger partial charge in [0.15, 0.2) is 5.82 Å². The molecule has 0 radical (unpaired) electrons. The highest BCUT2D eigenvalue weighted by atomic mass is 19.1. The topological polar surface area (TPSA) is 89.3 Å². The number of aromatic nitrogens is 5. The summed E-state index contributed by atoms with van der Waals surface area (Å²) in [5.41, 5.74) is 1.05. The van der Waals surface area contributed by atoms with Gasteiger partial charge in [-0.2, -0.15) is 15.0 Å². The molecule has 0 unspecified atom stereocenters. The van der Waals surface area contributed by atoms with E-state index < -0.39 is 11.7 Å². The SMILES string of the molecule is Cc1cc(N2CCN(C(=O)c3c(F)cccc3-n3nccn3)C[C@H](C)O2)nc(C)n1. The second-order valence-electron chi connectivity index (χ2n) is 7.14.